The van der Waals surface area contributed by atoms with E-state index in [4.69, 9.17) is 4.52 Å². The van der Waals surface area contributed by atoms with Gasteiger partial charge in [-0.15, -0.1) is 11.8 Å². The third-order valence-corrected chi connectivity index (χ3v) is 5.47. The molecule has 0 bridgehead atoms. The molecule has 3 aromatic rings. The Bertz CT molecular complexity index is 1000. The van der Waals surface area contributed by atoms with E-state index in [0.29, 0.717) is 22.8 Å². The lowest BCUT2D eigenvalue weighted by Crippen LogP contribution is -2.16. The first-order valence-corrected chi connectivity index (χ1v) is 10.7. The van der Waals surface area contributed by atoms with Gasteiger partial charge < -0.3 is 15.2 Å². The molecular weight excluding hydrogens is 456 g/mol. The number of halogens is 1. The number of nitrogens with one attached hydrogen (secondary N) is 2. The molecule has 2 N–H and O–H groups in total. The van der Waals surface area contributed by atoms with E-state index in [0.717, 1.165) is 21.5 Å². The summed E-state index contributed by atoms with van der Waals surface area (Å²) in [6.07, 6.45) is 1.60. The van der Waals surface area contributed by atoms with Gasteiger partial charge in [-0.3, -0.25) is 9.59 Å². The molecule has 29 heavy (non-hydrogen) atoms. The van der Waals surface area contributed by atoms with Gasteiger partial charge in [-0.1, -0.05) is 11.2 Å². The summed E-state index contributed by atoms with van der Waals surface area (Å²) in [5.41, 5.74) is 2.85. The standard InChI is InChI=1S/C20H19BrN4O3S/c1-12-17(13(2)28-25-12)10-29-11-19(26)23-16-5-3-4-14(8-16)20(27)24-18-7-6-15(21)9-22-18/h3-9H,10-11H2,1-2H3,(H,23,26)(H,22,24,27). The van der Waals surface area contributed by atoms with Crippen molar-refractivity contribution in [3.05, 3.63) is 69.6 Å². The predicted octanol–water partition coefficient (Wildman–Crippen LogP) is 4.57. The van der Waals surface area contributed by atoms with Crippen molar-refractivity contribution in [3.8, 4) is 0 Å². The van der Waals surface area contributed by atoms with E-state index in [1.54, 1.807) is 42.6 Å². The fourth-order valence-corrected chi connectivity index (χ4v) is 3.74. The number of carbonyl (C=O) groups excluding carboxylic acids is 2. The summed E-state index contributed by atoms with van der Waals surface area (Å²) < 4.78 is 5.95. The Labute approximate surface area is 180 Å². The lowest BCUT2D eigenvalue weighted by molar-refractivity contribution is -0.113. The van der Waals surface area contributed by atoms with Gasteiger partial charge in [-0.25, -0.2) is 4.98 Å². The van der Waals surface area contributed by atoms with Gasteiger partial charge in [-0.2, -0.15) is 0 Å². The van der Waals surface area contributed by atoms with Crippen LogP contribution < -0.4 is 10.6 Å². The molecule has 3 rings (SSSR count). The Morgan fingerprint density at radius 1 is 1.17 bits per heavy atom. The number of aromatic nitrogens is 2. The van der Waals surface area contributed by atoms with Gasteiger partial charge in [-0.05, 0) is 60.1 Å². The molecule has 150 valence electrons. The molecule has 0 saturated carbocycles. The van der Waals surface area contributed by atoms with Gasteiger partial charge in [0.05, 0.1) is 11.4 Å². The minimum Gasteiger partial charge on any atom is -0.361 e. The molecule has 0 aliphatic carbocycles. The van der Waals surface area contributed by atoms with E-state index in [1.807, 2.05) is 13.8 Å². The Morgan fingerprint density at radius 3 is 2.69 bits per heavy atom. The van der Waals surface area contributed by atoms with Crippen molar-refractivity contribution < 1.29 is 14.1 Å². The topological polar surface area (TPSA) is 97.1 Å². The number of nitrogens with zero attached hydrogens (tertiary/aromatic N) is 2. The number of amides is 2. The number of hydrogen-bond donors (Lipinski definition) is 2. The Kier molecular flexibility index (Phi) is 7.05. The quantitative estimate of drug-likeness (QED) is 0.520. The molecule has 9 heteroatoms. The first kappa shape index (κ1) is 21.1. The molecule has 0 spiro atoms. The molecule has 0 aliphatic rings. The third kappa shape index (κ3) is 5.91. The van der Waals surface area contributed by atoms with E-state index in [1.165, 1.54) is 11.8 Å². The monoisotopic (exact) mass is 474 g/mol. The Balaban J connectivity index is 1.54. The Hall–Kier alpha value is -2.65. The lowest BCUT2D eigenvalue weighted by atomic mass is 10.2. The van der Waals surface area contributed by atoms with Crippen LogP contribution in [0.4, 0.5) is 11.5 Å². The molecule has 0 unspecified atom stereocenters. The van der Waals surface area contributed by atoms with Crippen molar-refractivity contribution in [1.82, 2.24) is 10.1 Å². The average Bonchev–Trinajstić information content (AvgIpc) is 3.02. The van der Waals surface area contributed by atoms with Crippen LogP contribution in [0.15, 0.2) is 51.6 Å². The molecular formula is C20H19BrN4O3S. The van der Waals surface area contributed by atoms with Gasteiger partial charge in [0, 0.05) is 33.2 Å². The van der Waals surface area contributed by atoms with Crippen molar-refractivity contribution in [2.45, 2.75) is 19.6 Å². The van der Waals surface area contributed by atoms with E-state index in [9.17, 15) is 9.59 Å². The number of pyridine rings is 1. The number of hydrogen-bond acceptors (Lipinski definition) is 6. The zero-order valence-electron chi connectivity index (χ0n) is 15.9. The molecule has 0 atom stereocenters. The molecule has 7 nitrogen and oxygen atoms in total. The van der Waals surface area contributed by atoms with Crippen LogP contribution in [0, 0.1) is 13.8 Å². The third-order valence-electron chi connectivity index (χ3n) is 4.04. The molecule has 2 amide bonds. The molecule has 2 heterocycles. The minimum absolute atomic E-state index is 0.145. The summed E-state index contributed by atoms with van der Waals surface area (Å²) in [5, 5.41) is 9.45. The minimum atomic E-state index is -0.302. The number of rotatable bonds is 7. The summed E-state index contributed by atoms with van der Waals surface area (Å²) in [6.45, 7) is 3.74. The van der Waals surface area contributed by atoms with E-state index in [2.05, 4.69) is 36.7 Å². The largest absolute Gasteiger partial charge is 0.361 e. The number of thioether (sulfide) groups is 1. The van der Waals surface area contributed by atoms with Crippen LogP contribution in [0.5, 0.6) is 0 Å². The predicted molar refractivity (Wildman–Crippen MR) is 117 cm³/mol. The molecule has 2 aromatic heterocycles. The maximum absolute atomic E-state index is 12.4. The molecule has 0 fully saturated rings. The molecule has 0 aliphatic heterocycles. The summed E-state index contributed by atoms with van der Waals surface area (Å²) in [7, 11) is 0. The second-order valence-electron chi connectivity index (χ2n) is 6.24. The normalized spacial score (nSPS) is 10.6. The van der Waals surface area contributed by atoms with Crippen molar-refractivity contribution in [2.24, 2.45) is 0 Å². The van der Waals surface area contributed by atoms with Crippen molar-refractivity contribution in [2.75, 3.05) is 16.4 Å². The van der Waals surface area contributed by atoms with E-state index in [-0.39, 0.29) is 17.6 Å². The summed E-state index contributed by atoms with van der Waals surface area (Å²) >= 11 is 4.78. The zero-order chi connectivity index (χ0) is 20.8. The SMILES string of the molecule is Cc1noc(C)c1CSCC(=O)Nc1cccc(C(=O)Nc2ccc(Br)cn2)c1. The van der Waals surface area contributed by atoms with Crippen LogP contribution in [0.25, 0.3) is 0 Å². The second kappa shape index (κ2) is 9.71. The van der Waals surface area contributed by atoms with Gasteiger partial charge in [0.15, 0.2) is 0 Å². The van der Waals surface area contributed by atoms with E-state index < -0.39 is 0 Å². The van der Waals surface area contributed by atoms with Crippen molar-refractivity contribution in [3.63, 3.8) is 0 Å². The van der Waals surface area contributed by atoms with Crippen LogP contribution in [-0.4, -0.2) is 27.7 Å². The molecule has 1 aromatic carbocycles. The Morgan fingerprint density at radius 2 is 2.00 bits per heavy atom. The van der Waals surface area contributed by atoms with Gasteiger partial charge in [0.2, 0.25) is 5.91 Å². The smallest absolute Gasteiger partial charge is 0.256 e. The summed E-state index contributed by atoms with van der Waals surface area (Å²) in [4.78, 5) is 28.8. The van der Waals surface area contributed by atoms with Crippen molar-refractivity contribution in [1.29, 1.82) is 0 Å². The fourth-order valence-electron chi connectivity index (χ4n) is 2.53. The van der Waals surface area contributed by atoms with Gasteiger partial charge in [0.1, 0.15) is 11.6 Å². The maximum atomic E-state index is 12.4. The number of carbonyl (C=O) groups is 2. The van der Waals surface area contributed by atoms with Crippen LogP contribution in [0.1, 0.15) is 27.4 Å². The first-order valence-electron chi connectivity index (χ1n) is 8.74. The van der Waals surface area contributed by atoms with Crippen LogP contribution >= 0.6 is 27.7 Å². The van der Waals surface area contributed by atoms with E-state index >= 15 is 0 Å². The van der Waals surface area contributed by atoms with Crippen LogP contribution in [0.3, 0.4) is 0 Å². The summed E-state index contributed by atoms with van der Waals surface area (Å²) in [6, 6.07) is 10.3. The van der Waals surface area contributed by atoms with Gasteiger partial charge >= 0.3 is 0 Å². The highest BCUT2D eigenvalue weighted by Gasteiger charge is 2.12. The number of anilines is 2. The highest BCUT2D eigenvalue weighted by molar-refractivity contribution is 9.10. The van der Waals surface area contributed by atoms with Gasteiger partial charge in [0.25, 0.3) is 5.91 Å². The highest BCUT2D eigenvalue weighted by atomic mass is 79.9. The van der Waals surface area contributed by atoms with Crippen LogP contribution in [-0.2, 0) is 10.5 Å². The first-order chi connectivity index (χ1) is 13.9. The molecule has 0 radical (unpaired) electrons. The average molecular weight is 475 g/mol. The summed E-state index contributed by atoms with van der Waals surface area (Å²) in [5.74, 6) is 1.70. The van der Waals surface area contributed by atoms with Crippen LogP contribution in [0.2, 0.25) is 0 Å². The molecule has 0 saturated heterocycles. The lowest BCUT2D eigenvalue weighted by Gasteiger charge is -2.08. The second-order valence-corrected chi connectivity index (χ2v) is 8.14. The van der Waals surface area contributed by atoms with Crippen molar-refractivity contribution >= 4 is 51.0 Å². The highest BCUT2D eigenvalue weighted by Crippen LogP contribution is 2.20. The maximum Gasteiger partial charge on any atom is 0.256 e. The zero-order valence-corrected chi connectivity index (χ0v) is 18.3. The number of aryl methyl sites for hydroxylation is 2. The fraction of sp³-hybridized carbons (Fsp3) is 0.200. The number of benzene rings is 1.